The maximum atomic E-state index is 13.6. The van der Waals surface area contributed by atoms with Crippen molar-refractivity contribution < 1.29 is 14.7 Å². The zero-order valence-corrected chi connectivity index (χ0v) is 20.5. The molecule has 0 spiro atoms. The standard InChI is InChI=1S/C26H20N4O2S.C2H6O/c27-14-4-8-16(9-5-14)29-20-3-1-2-18-22(20)25(31)19-12-13-21(33)24(23(19)26(18)32)30-17-10-6-15(28)7-11-17;1-2-3/h1-13,29-30,33H,27-28H2;3H,2H2,1H3. The summed E-state index contributed by atoms with van der Waals surface area (Å²) in [4.78, 5) is 27.8. The largest absolute Gasteiger partial charge is 0.399 e. The van der Waals surface area contributed by atoms with Crippen LogP contribution in [0.3, 0.4) is 0 Å². The van der Waals surface area contributed by atoms with Gasteiger partial charge in [-0.15, -0.1) is 12.6 Å². The predicted octanol–water partition coefficient (Wildman–Crippen LogP) is 5.40. The summed E-state index contributed by atoms with van der Waals surface area (Å²) in [5.74, 6) is -0.471. The zero-order valence-electron chi connectivity index (χ0n) is 19.6. The van der Waals surface area contributed by atoms with Crippen LogP contribution in [0, 0.1) is 0 Å². The molecule has 1 aliphatic carbocycles. The first-order valence-corrected chi connectivity index (χ1v) is 11.7. The minimum absolute atomic E-state index is 0.230. The minimum Gasteiger partial charge on any atom is -0.399 e. The number of nitrogens with one attached hydrogen (secondary N) is 2. The summed E-state index contributed by atoms with van der Waals surface area (Å²) < 4.78 is 0. The van der Waals surface area contributed by atoms with Gasteiger partial charge in [-0.25, -0.2) is 0 Å². The Balaban J connectivity index is 0.000000967. The highest BCUT2D eigenvalue weighted by molar-refractivity contribution is 7.80. The Bertz CT molecular complexity index is 1430. The van der Waals surface area contributed by atoms with Gasteiger partial charge in [0.2, 0.25) is 0 Å². The molecular weight excluding hydrogens is 472 g/mol. The highest BCUT2D eigenvalue weighted by Gasteiger charge is 2.34. The Morgan fingerprint density at radius 3 is 1.81 bits per heavy atom. The number of nitrogen functional groups attached to an aromatic ring is 2. The number of anilines is 6. The number of rotatable bonds is 4. The molecule has 0 radical (unpaired) electrons. The molecule has 0 aromatic heterocycles. The molecule has 0 fully saturated rings. The molecule has 0 atom stereocenters. The Morgan fingerprint density at radius 2 is 1.22 bits per heavy atom. The topological polar surface area (TPSA) is 130 Å². The van der Waals surface area contributed by atoms with Gasteiger partial charge in [-0.05, 0) is 73.7 Å². The third kappa shape index (κ3) is 4.91. The number of aliphatic hydroxyl groups excluding tert-OH is 1. The van der Waals surface area contributed by atoms with E-state index in [0.29, 0.717) is 49.9 Å². The maximum absolute atomic E-state index is 13.6. The van der Waals surface area contributed by atoms with Crippen LogP contribution in [0.2, 0.25) is 0 Å². The summed E-state index contributed by atoms with van der Waals surface area (Å²) >= 11 is 4.54. The quantitative estimate of drug-likeness (QED) is 0.144. The Hall–Kier alpha value is -4.27. The molecule has 0 saturated carbocycles. The molecule has 182 valence electrons. The van der Waals surface area contributed by atoms with Crippen molar-refractivity contribution in [3.63, 3.8) is 0 Å². The number of carbonyl (C=O) groups is 2. The average molecular weight is 499 g/mol. The van der Waals surface area contributed by atoms with Gasteiger partial charge in [-0.3, -0.25) is 9.59 Å². The van der Waals surface area contributed by atoms with Gasteiger partial charge in [0.05, 0.1) is 22.5 Å². The lowest BCUT2D eigenvalue weighted by Gasteiger charge is -2.24. The van der Waals surface area contributed by atoms with Gasteiger partial charge >= 0.3 is 0 Å². The molecule has 0 aliphatic heterocycles. The highest BCUT2D eigenvalue weighted by atomic mass is 32.1. The SMILES string of the molecule is CCO.Nc1ccc(Nc2cccc3c2C(=O)c2ccc(S)c(Nc4ccc(N)cc4)c2C3=O)cc1. The van der Waals surface area contributed by atoms with Crippen LogP contribution in [0.4, 0.5) is 34.1 Å². The van der Waals surface area contributed by atoms with E-state index in [-0.39, 0.29) is 18.2 Å². The molecule has 0 bridgehead atoms. The molecule has 7 N–H and O–H groups in total. The molecule has 0 saturated heterocycles. The van der Waals surface area contributed by atoms with Crippen LogP contribution in [0.5, 0.6) is 0 Å². The first kappa shape index (κ1) is 24.8. The fourth-order valence-corrected chi connectivity index (χ4v) is 4.18. The van der Waals surface area contributed by atoms with Crippen LogP contribution >= 0.6 is 12.6 Å². The molecule has 7 nitrogen and oxygen atoms in total. The Morgan fingerprint density at radius 1 is 0.722 bits per heavy atom. The van der Waals surface area contributed by atoms with Crippen molar-refractivity contribution in [1.29, 1.82) is 0 Å². The van der Waals surface area contributed by atoms with Crippen LogP contribution < -0.4 is 22.1 Å². The lowest BCUT2D eigenvalue weighted by Crippen LogP contribution is -2.23. The Kier molecular flexibility index (Phi) is 7.28. The lowest BCUT2D eigenvalue weighted by molar-refractivity contribution is 0.0980. The van der Waals surface area contributed by atoms with E-state index < -0.39 is 0 Å². The Labute approximate surface area is 214 Å². The van der Waals surface area contributed by atoms with Gasteiger partial charge in [0.15, 0.2) is 11.6 Å². The molecule has 4 aromatic carbocycles. The summed E-state index contributed by atoms with van der Waals surface area (Å²) in [7, 11) is 0. The number of aliphatic hydroxyl groups is 1. The number of hydrogen-bond donors (Lipinski definition) is 6. The monoisotopic (exact) mass is 498 g/mol. The van der Waals surface area contributed by atoms with Gasteiger partial charge in [-0.2, -0.15) is 0 Å². The van der Waals surface area contributed by atoms with Crippen molar-refractivity contribution in [3.8, 4) is 0 Å². The van der Waals surface area contributed by atoms with Crippen LogP contribution in [0.25, 0.3) is 0 Å². The van der Waals surface area contributed by atoms with Crippen molar-refractivity contribution in [2.45, 2.75) is 11.8 Å². The van der Waals surface area contributed by atoms with Gasteiger partial charge in [0, 0.05) is 45.4 Å². The number of benzene rings is 4. The molecule has 36 heavy (non-hydrogen) atoms. The van der Waals surface area contributed by atoms with Gasteiger partial charge < -0.3 is 27.2 Å². The van der Waals surface area contributed by atoms with Crippen LogP contribution in [-0.2, 0) is 0 Å². The van der Waals surface area contributed by atoms with Crippen molar-refractivity contribution >= 4 is 58.3 Å². The molecule has 5 rings (SSSR count). The van der Waals surface area contributed by atoms with Gasteiger partial charge in [0.1, 0.15) is 0 Å². The maximum Gasteiger partial charge on any atom is 0.196 e. The minimum atomic E-state index is -0.241. The molecule has 0 heterocycles. The first-order chi connectivity index (χ1) is 17.3. The zero-order chi connectivity index (χ0) is 25.8. The lowest BCUT2D eigenvalue weighted by atomic mass is 9.82. The number of nitrogens with two attached hydrogens (primary N) is 2. The predicted molar refractivity (Wildman–Crippen MR) is 148 cm³/mol. The molecule has 1 aliphatic rings. The molecule has 0 unspecified atom stereocenters. The number of carbonyl (C=O) groups excluding carboxylic acids is 2. The summed E-state index contributed by atoms with van der Waals surface area (Å²) in [5, 5.41) is 14.0. The molecular formula is C28H26N4O3S. The number of fused-ring (bicyclic) bond motifs is 2. The smallest absolute Gasteiger partial charge is 0.196 e. The van der Waals surface area contributed by atoms with Crippen molar-refractivity contribution in [2.75, 3.05) is 28.7 Å². The summed E-state index contributed by atoms with van der Waals surface area (Å²) in [6.07, 6.45) is 0. The van der Waals surface area contributed by atoms with E-state index >= 15 is 0 Å². The van der Waals surface area contributed by atoms with Gasteiger partial charge in [0.25, 0.3) is 0 Å². The molecule has 0 amide bonds. The third-order valence-electron chi connectivity index (χ3n) is 5.56. The van der Waals surface area contributed by atoms with Crippen molar-refractivity contribution in [1.82, 2.24) is 0 Å². The van der Waals surface area contributed by atoms with Crippen LogP contribution in [0.1, 0.15) is 38.8 Å². The number of thiol groups is 1. The fourth-order valence-electron chi connectivity index (χ4n) is 3.94. The highest BCUT2D eigenvalue weighted by Crippen LogP contribution is 2.39. The van der Waals surface area contributed by atoms with E-state index in [0.717, 1.165) is 11.4 Å². The fraction of sp³-hybridized carbons (Fsp3) is 0.0714. The summed E-state index contributed by atoms with van der Waals surface area (Å²) in [5.41, 5.74) is 16.7. The van der Waals surface area contributed by atoms with Crippen molar-refractivity contribution in [2.24, 2.45) is 0 Å². The van der Waals surface area contributed by atoms with E-state index in [4.69, 9.17) is 16.6 Å². The van der Waals surface area contributed by atoms with E-state index in [1.165, 1.54) is 0 Å². The van der Waals surface area contributed by atoms with Crippen LogP contribution in [0.15, 0.2) is 83.8 Å². The van der Waals surface area contributed by atoms with E-state index in [1.807, 2.05) is 12.1 Å². The van der Waals surface area contributed by atoms with Crippen LogP contribution in [-0.4, -0.2) is 23.3 Å². The second-order valence-corrected chi connectivity index (χ2v) is 8.56. The first-order valence-electron chi connectivity index (χ1n) is 11.3. The van der Waals surface area contributed by atoms with Gasteiger partial charge in [-0.1, -0.05) is 12.1 Å². The summed E-state index contributed by atoms with van der Waals surface area (Å²) in [6, 6.07) is 22.9. The van der Waals surface area contributed by atoms with Crippen molar-refractivity contribution in [3.05, 3.63) is 101 Å². The third-order valence-corrected chi connectivity index (χ3v) is 5.93. The second kappa shape index (κ2) is 10.6. The summed E-state index contributed by atoms with van der Waals surface area (Å²) in [6.45, 7) is 1.93. The van der Waals surface area contributed by atoms with E-state index in [2.05, 4.69) is 23.3 Å². The molecule has 4 aromatic rings. The number of hydrogen-bond acceptors (Lipinski definition) is 8. The van der Waals surface area contributed by atoms with E-state index in [9.17, 15) is 9.59 Å². The number of ketones is 2. The normalized spacial score (nSPS) is 11.6. The molecule has 8 heteroatoms. The average Bonchev–Trinajstić information content (AvgIpc) is 2.87. The van der Waals surface area contributed by atoms with E-state index in [1.54, 1.807) is 73.7 Å². The second-order valence-electron chi connectivity index (χ2n) is 8.08.